The van der Waals surface area contributed by atoms with Crippen LogP contribution < -0.4 is 4.74 Å². The van der Waals surface area contributed by atoms with Gasteiger partial charge >= 0.3 is 0 Å². The molecule has 0 aliphatic carbocycles. The van der Waals surface area contributed by atoms with Crippen LogP contribution >= 0.6 is 0 Å². The maximum absolute atomic E-state index is 12.6. The number of aryl methyl sites for hydroxylation is 2. The lowest BCUT2D eigenvalue weighted by atomic mass is 9.97. The number of likely N-dealkylation sites (N-methyl/N-ethyl adjacent to an activating group) is 2. The van der Waals surface area contributed by atoms with E-state index in [0.717, 1.165) is 16.9 Å². The minimum Gasteiger partial charge on any atom is -0.497 e. The quantitative estimate of drug-likeness (QED) is 0.453. The highest BCUT2D eigenvalue weighted by atomic mass is 32.2. The number of likely N-dealkylation sites (tertiary alicyclic amines) is 2. The summed E-state index contributed by atoms with van der Waals surface area (Å²) in [5, 5.41) is 0. The van der Waals surface area contributed by atoms with Crippen LogP contribution in [-0.2, 0) is 19.6 Å². The number of nitrogens with zero attached hydrogens (tertiary/aromatic N) is 4. The first kappa shape index (κ1) is 33.2. The number of ether oxygens (including phenoxy) is 1. The summed E-state index contributed by atoms with van der Waals surface area (Å²) in [4.78, 5) is 30.4. The average Bonchev–Trinajstić information content (AvgIpc) is 2.88. The highest BCUT2D eigenvalue weighted by molar-refractivity contribution is 7.89. The highest BCUT2D eigenvalue weighted by Crippen LogP contribution is 2.28. The van der Waals surface area contributed by atoms with E-state index in [4.69, 9.17) is 4.74 Å². The SMILES string of the molecule is CC(=O)N(C)C1CCCN(C2CCN(C)CC2)C1.CCCC(=O)CN(C)S(=O)(=O)c1c(C)cc(OC)cc1C. The topological polar surface area (TPSA) is 90.5 Å². The third-order valence-corrected chi connectivity index (χ3v) is 10.1. The molecule has 0 N–H and O–H groups in total. The number of benzene rings is 1. The van der Waals surface area contributed by atoms with Gasteiger partial charge in [0.15, 0.2) is 0 Å². The normalized spacial score (nSPS) is 19.4. The summed E-state index contributed by atoms with van der Waals surface area (Å²) < 4.78 is 31.5. The Balaban J connectivity index is 0.000000276. The molecule has 222 valence electrons. The molecule has 9 nitrogen and oxygen atoms in total. The molecule has 2 saturated heterocycles. The van der Waals surface area contributed by atoms with Crippen molar-refractivity contribution < 1.29 is 22.7 Å². The number of Topliss-reactive ketones (excluding diaryl/α,β-unsaturated/α-hetero) is 1. The molecule has 0 aromatic heterocycles. The fraction of sp³-hybridized carbons (Fsp3) is 0.724. The zero-order valence-electron chi connectivity index (χ0n) is 25.3. The average molecular weight is 567 g/mol. The molecule has 1 aromatic rings. The molecule has 2 aliphatic heterocycles. The van der Waals surface area contributed by atoms with E-state index in [2.05, 4.69) is 16.8 Å². The van der Waals surface area contributed by atoms with Crippen LogP contribution in [0.5, 0.6) is 5.75 Å². The van der Waals surface area contributed by atoms with Gasteiger partial charge in [-0.1, -0.05) is 6.92 Å². The molecule has 3 rings (SSSR count). The number of amides is 1. The number of sulfonamides is 1. The first-order valence-corrected chi connectivity index (χ1v) is 15.5. The van der Waals surface area contributed by atoms with Crippen molar-refractivity contribution in [3.8, 4) is 5.75 Å². The number of carbonyl (C=O) groups is 2. The summed E-state index contributed by atoms with van der Waals surface area (Å²) >= 11 is 0. The minimum atomic E-state index is -3.68. The van der Waals surface area contributed by atoms with E-state index in [1.807, 2.05) is 18.9 Å². The fourth-order valence-corrected chi connectivity index (χ4v) is 7.09. The van der Waals surface area contributed by atoms with Gasteiger partial charge in [-0.2, -0.15) is 4.31 Å². The van der Waals surface area contributed by atoms with Gasteiger partial charge in [-0.05, 0) is 95.9 Å². The number of hydrogen-bond acceptors (Lipinski definition) is 7. The zero-order chi connectivity index (χ0) is 29.3. The van der Waals surface area contributed by atoms with E-state index in [9.17, 15) is 18.0 Å². The van der Waals surface area contributed by atoms with Gasteiger partial charge in [0.05, 0.1) is 18.6 Å². The second kappa shape index (κ2) is 15.1. The molecule has 0 radical (unpaired) electrons. The summed E-state index contributed by atoms with van der Waals surface area (Å²) in [7, 11) is 3.45. The van der Waals surface area contributed by atoms with Crippen LogP contribution in [0.25, 0.3) is 0 Å². The second-order valence-corrected chi connectivity index (χ2v) is 13.1. The molecular formula is C29H50N4O5S. The molecule has 0 bridgehead atoms. The number of methoxy groups -OCH3 is 1. The molecule has 1 aromatic carbocycles. The van der Waals surface area contributed by atoms with Gasteiger partial charge in [-0.3, -0.25) is 14.5 Å². The van der Waals surface area contributed by atoms with Crippen LogP contribution in [0.1, 0.15) is 63.5 Å². The number of hydrogen-bond donors (Lipinski definition) is 0. The van der Waals surface area contributed by atoms with Crippen molar-refractivity contribution in [2.75, 3.05) is 61.0 Å². The van der Waals surface area contributed by atoms with Gasteiger partial charge < -0.3 is 14.5 Å². The van der Waals surface area contributed by atoms with Crippen LogP contribution in [-0.4, -0.2) is 112 Å². The predicted octanol–water partition coefficient (Wildman–Crippen LogP) is 3.33. The van der Waals surface area contributed by atoms with E-state index in [0.29, 0.717) is 35.8 Å². The molecule has 2 heterocycles. The number of ketones is 1. The van der Waals surface area contributed by atoms with Crippen LogP contribution in [0.2, 0.25) is 0 Å². The van der Waals surface area contributed by atoms with E-state index in [-0.39, 0.29) is 23.1 Å². The molecule has 2 fully saturated rings. The van der Waals surface area contributed by atoms with Crippen molar-refractivity contribution in [2.24, 2.45) is 0 Å². The summed E-state index contributed by atoms with van der Waals surface area (Å²) in [5.41, 5.74) is 1.23. The van der Waals surface area contributed by atoms with Crippen LogP contribution in [0.4, 0.5) is 0 Å². The van der Waals surface area contributed by atoms with Crippen molar-refractivity contribution in [1.29, 1.82) is 0 Å². The third-order valence-electron chi connectivity index (χ3n) is 7.94. The number of rotatable bonds is 9. The Bertz CT molecular complexity index is 1050. The Morgan fingerprint density at radius 1 is 1.05 bits per heavy atom. The molecule has 10 heteroatoms. The van der Waals surface area contributed by atoms with E-state index in [1.54, 1.807) is 32.9 Å². The van der Waals surface area contributed by atoms with Crippen molar-refractivity contribution in [1.82, 2.24) is 19.0 Å². The zero-order valence-corrected chi connectivity index (χ0v) is 26.1. The highest BCUT2D eigenvalue weighted by Gasteiger charge is 2.30. The fourth-order valence-electron chi connectivity index (χ4n) is 5.53. The second-order valence-electron chi connectivity index (χ2n) is 11.1. The molecule has 2 aliphatic rings. The Morgan fingerprint density at radius 2 is 1.64 bits per heavy atom. The molecule has 0 spiro atoms. The molecule has 0 saturated carbocycles. The number of piperidine rings is 2. The summed E-state index contributed by atoms with van der Waals surface area (Å²) in [6, 6.07) is 4.53. The lowest BCUT2D eigenvalue weighted by Crippen LogP contribution is -2.53. The van der Waals surface area contributed by atoms with Crippen molar-refractivity contribution in [2.45, 2.75) is 83.2 Å². The molecule has 1 amide bonds. The predicted molar refractivity (Wildman–Crippen MR) is 156 cm³/mol. The molecule has 39 heavy (non-hydrogen) atoms. The van der Waals surface area contributed by atoms with Crippen LogP contribution in [0.3, 0.4) is 0 Å². The third kappa shape index (κ3) is 9.27. The van der Waals surface area contributed by atoms with Gasteiger partial charge in [0.2, 0.25) is 15.9 Å². The van der Waals surface area contributed by atoms with Crippen LogP contribution in [0, 0.1) is 13.8 Å². The Hall–Kier alpha value is -2.01. The van der Waals surface area contributed by atoms with Crippen molar-refractivity contribution in [3.05, 3.63) is 23.3 Å². The smallest absolute Gasteiger partial charge is 0.243 e. The summed E-state index contributed by atoms with van der Waals surface area (Å²) in [6.45, 7) is 11.7. The standard InChI is InChI=1S/C15H23NO4S.C14H27N3O/c1-6-7-13(17)10-16(4)21(18,19)15-11(2)8-14(20-5)9-12(15)3;1-12(18)16(3)14-5-4-8-17(11-14)13-6-9-15(2)10-7-13/h8-9H,6-7,10H2,1-5H3;13-14H,4-11H2,1-3H3. The Labute approximate surface area is 236 Å². The lowest BCUT2D eigenvalue weighted by molar-refractivity contribution is -0.131. The summed E-state index contributed by atoms with van der Waals surface area (Å²) in [6.07, 6.45) is 6.07. The Morgan fingerprint density at radius 3 is 2.15 bits per heavy atom. The van der Waals surface area contributed by atoms with E-state index in [1.165, 1.54) is 59.5 Å². The largest absolute Gasteiger partial charge is 0.497 e. The van der Waals surface area contributed by atoms with Gasteiger partial charge in [0.1, 0.15) is 11.5 Å². The molecular weight excluding hydrogens is 516 g/mol. The minimum absolute atomic E-state index is 0.0765. The first-order chi connectivity index (χ1) is 18.3. The summed E-state index contributed by atoms with van der Waals surface area (Å²) in [5.74, 6) is 0.742. The van der Waals surface area contributed by atoms with E-state index < -0.39 is 10.0 Å². The molecule has 1 atom stereocenters. The van der Waals surface area contributed by atoms with Crippen LogP contribution in [0.15, 0.2) is 17.0 Å². The van der Waals surface area contributed by atoms with E-state index >= 15 is 0 Å². The first-order valence-electron chi connectivity index (χ1n) is 14.1. The molecule has 1 unspecified atom stereocenters. The van der Waals surface area contributed by atoms with Crippen molar-refractivity contribution >= 4 is 21.7 Å². The van der Waals surface area contributed by atoms with Gasteiger partial charge in [-0.15, -0.1) is 0 Å². The lowest BCUT2D eigenvalue weighted by Gasteiger charge is -2.43. The van der Waals surface area contributed by atoms with Gasteiger partial charge in [-0.25, -0.2) is 8.42 Å². The maximum atomic E-state index is 12.6. The van der Waals surface area contributed by atoms with Gasteiger partial charge in [0, 0.05) is 46.1 Å². The van der Waals surface area contributed by atoms with Crippen molar-refractivity contribution in [3.63, 3.8) is 0 Å². The Kier molecular flexibility index (Phi) is 12.9. The van der Waals surface area contributed by atoms with Gasteiger partial charge in [0.25, 0.3) is 0 Å². The maximum Gasteiger partial charge on any atom is 0.243 e. The monoisotopic (exact) mass is 566 g/mol. The number of carbonyl (C=O) groups excluding carboxylic acids is 2.